The Labute approximate surface area is 74.7 Å². The molecule has 0 aliphatic heterocycles. The first kappa shape index (κ1) is 11.6. The smallest absolute Gasteiger partial charge is 0.308 e. The molecule has 0 rings (SSSR count). The summed E-state index contributed by atoms with van der Waals surface area (Å²) < 4.78 is 0. The van der Waals surface area contributed by atoms with Crippen LogP contribution in [-0.4, -0.2) is 18.9 Å². The fourth-order valence-corrected chi connectivity index (χ4v) is 2.63. The molecule has 0 amide bonds. The van der Waals surface area contributed by atoms with Crippen LogP contribution < -0.4 is 0 Å². The van der Waals surface area contributed by atoms with Gasteiger partial charge in [-0.15, -0.1) is 0 Å². The summed E-state index contributed by atoms with van der Waals surface area (Å²) in [5.41, 5.74) is -0.404. The average molecular weight is 190 g/mol. The van der Waals surface area contributed by atoms with Gasteiger partial charge in [0.05, 0.1) is 0 Å². The lowest BCUT2D eigenvalue weighted by molar-refractivity contribution is -0.168. The molecule has 12 heavy (non-hydrogen) atoms. The Bertz CT molecular complexity index is 145. The van der Waals surface area contributed by atoms with Crippen LogP contribution in [0.15, 0.2) is 0 Å². The van der Waals surface area contributed by atoms with E-state index >= 15 is 0 Å². The van der Waals surface area contributed by atoms with Gasteiger partial charge in [-0.25, -0.2) is 5.26 Å². The van der Waals surface area contributed by atoms with E-state index in [2.05, 4.69) is 11.8 Å². The van der Waals surface area contributed by atoms with Gasteiger partial charge in [0, 0.05) is 0 Å². The molecule has 0 aromatic carbocycles. The molecule has 0 unspecified atom stereocenters. The van der Waals surface area contributed by atoms with Crippen molar-refractivity contribution < 1.29 is 14.9 Å². The van der Waals surface area contributed by atoms with E-state index in [9.17, 15) is 4.79 Å². The van der Waals surface area contributed by atoms with Crippen molar-refractivity contribution in [3.05, 3.63) is 0 Å². The van der Waals surface area contributed by atoms with Gasteiger partial charge in [0.1, 0.15) is 0 Å². The van der Waals surface area contributed by atoms with Gasteiger partial charge in [-0.1, -0.05) is 39.3 Å². The van der Waals surface area contributed by atoms with Crippen molar-refractivity contribution in [2.24, 2.45) is 0 Å². The van der Waals surface area contributed by atoms with E-state index in [1.54, 1.807) is 0 Å². The summed E-state index contributed by atoms with van der Waals surface area (Å²) in [5, 5.41) is 8.21. The van der Waals surface area contributed by atoms with Crippen molar-refractivity contribution in [3.63, 3.8) is 0 Å². The fourth-order valence-electron chi connectivity index (χ4n) is 1.04. The molecule has 0 spiro atoms. The molecule has 0 fully saturated rings. The normalized spacial score (nSPS) is 11.3. The molecular formula is C8H18O3Si. The second-order valence-electron chi connectivity index (χ2n) is 3.72. The molecule has 0 saturated carbocycles. The second-order valence-corrected chi connectivity index (χ2v) is 8.40. The van der Waals surface area contributed by atoms with E-state index in [0.29, 0.717) is 0 Å². The van der Waals surface area contributed by atoms with Gasteiger partial charge in [0.25, 0.3) is 0 Å². The molecule has 0 radical (unpaired) electrons. The van der Waals surface area contributed by atoms with Crippen LogP contribution in [0.3, 0.4) is 0 Å². The molecule has 0 aliphatic rings. The fraction of sp³-hybridized carbons (Fsp3) is 0.875. The number of unbranched alkanes of at least 4 members (excludes halogenated alkanes) is 2. The minimum Gasteiger partial charge on any atom is -0.308 e. The van der Waals surface area contributed by atoms with Crippen LogP contribution in [-0.2, 0) is 4.89 Å². The summed E-state index contributed by atoms with van der Waals surface area (Å²) in [4.78, 5) is 14.8. The number of hydrogen-bond donors (Lipinski definition) is 1. The molecule has 4 heteroatoms. The molecule has 72 valence electrons. The lowest BCUT2D eigenvalue weighted by Crippen LogP contribution is -2.37. The Hall–Kier alpha value is -0.353. The topological polar surface area (TPSA) is 46.5 Å². The molecule has 1 N–H and O–H groups in total. The highest BCUT2D eigenvalue weighted by Gasteiger charge is 2.32. The molecule has 0 aromatic heterocycles. The van der Waals surface area contributed by atoms with Gasteiger partial charge >= 0.3 is 5.59 Å². The van der Waals surface area contributed by atoms with Crippen molar-refractivity contribution in [1.82, 2.24) is 0 Å². The lowest BCUT2D eigenvalue weighted by Gasteiger charge is -2.16. The van der Waals surface area contributed by atoms with Gasteiger partial charge in [0.2, 0.25) is 0 Å². The van der Waals surface area contributed by atoms with Crippen molar-refractivity contribution in [2.45, 2.75) is 45.3 Å². The zero-order chi connectivity index (χ0) is 9.61. The van der Waals surface area contributed by atoms with Crippen molar-refractivity contribution in [2.75, 3.05) is 0 Å². The van der Waals surface area contributed by atoms with Gasteiger partial charge in [-0.2, -0.15) is 0 Å². The standard InChI is InChI=1S/C8H18O3Si/c1-4-5-6-7-12(2,3)8(9)11-10/h10H,4-7H2,1-3H3. The Kier molecular flexibility index (Phi) is 5.16. The predicted octanol–water partition coefficient (Wildman–Crippen LogP) is 3.08. The maximum atomic E-state index is 11.0. The quantitative estimate of drug-likeness (QED) is 0.313. The summed E-state index contributed by atoms with van der Waals surface area (Å²) in [6.45, 7) is 5.96. The van der Waals surface area contributed by atoms with Crippen LogP contribution >= 0.6 is 0 Å². The number of rotatable bonds is 5. The van der Waals surface area contributed by atoms with Crippen LogP contribution in [0.5, 0.6) is 0 Å². The first-order valence-corrected chi connectivity index (χ1v) is 7.61. The average Bonchev–Trinajstić information content (AvgIpc) is 2.03. The Morgan fingerprint density at radius 3 is 2.42 bits per heavy atom. The highest BCUT2D eigenvalue weighted by molar-refractivity contribution is 7.03. The maximum absolute atomic E-state index is 11.0. The van der Waals surface area contributed by atoms with Crippen molar-refractivity contribution in [1.29, 1.82) is 0 Å². The first-order valence-electron chi connectivity index (χ1n) is 4.40. The third kappa shape index (κ3) is 3.87. The van der Waals surface area contributed by atoms with Crippen LogP contribution in [0.4, 0.5) is 4.79 Å². The van der Waals surface area contributed by atoms with Crippen LogP contribution in [0.25, 0.3) is 0 Å². The lowest BCUT2D eigenvalue weighted by atomic mass is 10.3. The molecule has 0 aromatic rings. The molecule has 0 heterocycles. The third-order valence-corrected chi connectivity index (χ3v) is 4.84. The largest absolute Gasteiger partial charge is 0.308 e. The van der Waals surface area contributed by atoms with E-state index in [0.717, 1.165) is 25.3 Å². The van der Waals surface area contributed by atoms with Crippen molar-refractivity contribution in [3.8, 4) is 0 Å². The first-order chi connectivity index (χ1) is 5.54. The summed E-state index contributed by atoms with van der Waals surface area (Å²) in [6, 6.07) is 0.903. The summed E-state index contributed by atoms with van der Waals surface area (Å²) in [7, 11) is -1.96. The molecule has 0 saturated heterocycles. The molecule has 0 aliphatic carbocycles. The van der Waals surface area contributed by atoms with E-state index in [1.165, 1.54) is 0 Å². The zero-order valence-corrected chi connectivity index (χ0v) is 9.09. The minimum absolute atomic E-state index is 0.404. The molecule has 3 nitrogen and oxygen atoms in total. The van der Waals surface area contributed by atoms with E-state index in [1.807, 2.05) is 13.1 Å². The number of carbonyl (C=O) groups is 1. The van der Waals surface area contributed by atoms with E-state index in [-0.39, 0.29) is 0 Å². The summed E-state index contributed by atoms with van der Waals surface area (Å²) in [5.74, 6) is 0. The number of carbonyl (C=O) groups excluding carboxylic acids is 1. The van der Waals surface area contributed by atoms with Gasteiger partial charge in [-0.3, -0.25) is 4.79 Å². The summed E-state index contributed by atoms with van der Waals surface area (Å²) in [6.07, 6.45) is 3.36. The van der Waals surface area contributed by atoms with Crippen molar-refractivity contribution >= 4 is 13.7 Å². The van der Waals surface area contributed by atoms with Gasteiger partial charge in [0.15, 0.2) is 8.07 Å². The minimum atomic E-state index is -1.96. The zero-order valence-electron chi connectivity index (χ0n) is 8.09. The Morgan fingerprint density at radius 1 is 1.42 bits per heavy atom. The van der Waals surface area contributed by atoms with Crippen LogP contribution in [0, 0.1) is 0 Å². The van der Waals surface area contributed by atoms with Gasteiger partial charge < -0.3 is 4.89 Å². The van der Waals surface area contributed by atoms with Crippen LogP contribution in [0.1, 0.15) is 26.2 Å². The second kappa shape index (κ2) is 5.32. The van der Waals surface area contributed by atoms with Crippen LogP contribution in [0.2, 0.25) is 19.1 Å². The highest BCUT2D eigenvalue weighted by Crippen LogP contribution is 2.16. The Morgan fingerprint density at radius 2 is 2.00 bits per heavy atom. The SMILES string of the molecule is CCCCC[Si](C)(C)C(=O)OO. The number of hydrogen-bond acceptors (Lipinski definition) is 3. The van der Waals surface area contributed by atoms with Gasteiger partial charge in [-0.05, 0) is 6.04 Å². The maximum Gasteiger partial charge on any atom is 0.308 e. The summed E-state index contributed by atoms with van der Waals surface area (Å²) >= 11 is 0. The van der Waals surface area contributed by atoms with E-state index < -0.39 is 13.7 Å². The molecule has 0 bridgehead atoms. The third-order valence-electron chi connectivity index (χ3n) is 2.04. The Balaban J connectivity index is 3.78. The molecular weight excluding hydrogens is 172 g/mol. The molecule has 0 atom stereocenters. The monoisotopic (exact) mass is 190 g/mol. The highest BCUT2D eigenvalue weighted by atomic mass is 28.3. The van der Waals surface area contributed by atoms with E-state index in [4.69, 9.17) is 5.26 Å². The predicted molar refractivity (Wildman–Crippen MR) is 50.9 cm³/mol.